The molecule has 2 heteroatoms. The molecule has 0 unspecified atom stereocenters. The highest BCUT2D eigenvalue weighted by molar-refractivity contribution is 6.31. The van der Waals surface area contributed by atoms with Gasteiger partial charge in [0.2, 0.25) is 0 Å². The van der Waals surface area contributed by atoms with Crippen molar-refractivity contribution in [3.8, 4) is 0 Å². The predicted molar refractivity (Wildman–Crippen MR) is 56.2 cm³/mol. The fraction of sp³-hybridized carbons (Fsp3) is 0.455. The molecule has 70 valence electrons. The van der Waals surface area contributed by atoms with E-state index in [2.05, 4.69) is 18.3 Å². The van der Waals surface area contributed by atoms with Crippen LogP contribution in [0.5, 0.6) is 0 Å². The number of nitrogens with one attached hydrogen (secondary N) is 1. The minimum atomic E-state index is 0.480. The maximum Gasteiger partial charge on any atom is 0.0456 e. The Morgan fingerprint density at radius 1 is 1.46 bits per heavy atom. The van der Waals surface area contributed by atoms with Crippen LogP contribution >= 0.6 is 11.6 Å². The normalized spacial score (nSPS) is 22.2. The highest BCUT2D eigenvalue weighted by Crippen LogP contribution is 2.31. The maximum atomic E-state index is 6.17. The van der Waals surface area contributed by atoms with Crippen LogP contribution in [0.25, 0.3) is 0 Å². The summed E-state index contributed by atoms with van der Waals surface area (Å²) >= 11 is 6.17. The van der Waals surface area contributed by atoms with Gasteiger partial charge in [-0.1, -0.05) is 23.7 Å². The van der Waals surface area contributed by atoms with Crippen LogP contribution in [0.4, 0.5) is 0 Å². The van der Waals surface area contributed by atoms with Gasteiger partial charge in [-0.2, -0.15) is 0 Å². The molecule has 0 radical (unpaired) electrons. The molecule has 0 saturated carbocycles. The molecule has 1 N–H and O–H groups in total. The van der Waals surface area contributed by atoms with E-state index in [1.165, 1.54) is 24.0 Å². The van der Waals surface area contributed by atoms with E-state index < -0.39 is 0 Å². The molecule has 1 saturated heterocycles. The van der Waals surface area contributed by atoms with E-state index in [1.807, 2.05) is 12.1 Å². The van der Waals surface area contributed by atoms with Crippen molar-refractivity contribution in [1.29, 1.82) is 0 Å². The molecule has 1 aromatic rings. The first-order valence-electron chi connectivity index (χ1n) is 4.77. The smallest absolute Gasteiger partial charge is 0.0456 e. The molecule has 0 spiro atoms. The Kier molecular flexibility index (Phi) is 2.56. The first-order chi connectivity index (χ1) is 6.29. The Labute approximate surface area is 84.1 Å². The van der Waals surface area contributed by atoms with Crippen molar-refractivity contribution in [2.24, 2.45) is 0 Å². The van der Waals surface area contributed by atoms with Crippen LogP contribution in [0, 0.1) is 6.92 Å². The molecule has 2 rings (SSSR count). The van der Waals surface area contributed by atoms with Gasteiger partial charge in [0.05, 0.1) is 0 Å². The monoisotopic (exact) mass is 195 g/mol. The van der Waals surface area contributed by atoms with Gasteiger partial charge in [0.15, 0.2) is 0 Å². The van der Waals surface area contributed by atoms with Gasteiger partial charge in [-0.25, -0.2) is 0 Å². The Morgan fingerprint density at radius 3 is 2.92 bits per heavy atom. The summed E-state index contributed by atoms with van der Waals surface area (Å²) in [7, 11) is 0. The van der Waals surface area contributed by atoms with Crippen molar-refractivity contribution in [2.75, 3.05) is 6.54 Å². The average molecular weight is 196 g/mol. The van der Waals surface area contributed by atoms with Crippen molar-refractivity contribution in [3.63, 3.8) is 0 Å². The van der Waals surface area contributed by atoms with Crippen LogP contribution < -0.4 is 5.32 Å². The zero-order valence-electron chi connectivity index (χ0n) is 7.81. The summed E-state index contributed by atoms with van der Waals surface area (Å²) in [6.45, 7) is 3.25. The number of aryl methyl sites for hydroxylation is 1. The first kappa shape index (κ1) is 9.04. The summed E-state index contributed by atoms with van der Waals surface area (Å²) < 4.78 is 0. The zero-order valence-corrected chi connectivity index (χ0v) is 8.56. The van der Waals surface area contributed by atoms with Crippen molar-refractivity contribution in [1.82, 2.24) is 5.32 Å². The summed E-state index contributed by atoms with van der Waals surface area (Å²) in [4.78, 5) is 0. The summed E-state index contributed by atoms with van der Waals surface area (Å²) in [6.07, 6.45) is 2.47. The molecule has 0 aliphatic carbocycles. The topological polar surface area (TPSA) is 12.0 Å². The van der Waals surface area contributed by atoms with E-state index in [-0.39, 0.29) is 0 Å². The van der Waals surface area contributed by atoms with Gasteiger partial charge in [0, 0.05) is 11.1 Å². The van der Waals surface area contributed by atoms with Crippen molar-refractivity contribution < 1.29 is 0 Å². The molecule has 1 aliphatic heterocycles. The SMILES string of the molecule is Cc1cccc(Cl)c1[C@@H]1CCCN1. The molecule has 13 heavy (non-hydrogen) atoms. The van der Waals surface area contributed by atoms with Gasteiger partial charge in [0.1, 0.15) is 0 Å². The molecule has 1 aromatic carbocycles. The second-order valence-electron chi connectivity index (χ2n) is 3.62. The minimum Gasteiger partial charge on any atom is -0.310 e. The summed E-state index contributed by atoms with van der Waals surface area (Å²) in [5.74, 6) is 0. The number of hydrogen-bond donors (Lipinski definition) is 1. The number of benzene rings is 1. The minimum absolute atomic E-state index is 0.480. The standard InChI is InChI=1S/C11H14ClN/c1-8-4-2-5-9(12)11(8)10-6-3-7-13-10/h2,4-5,10,13H,3,6-7H2,1H3/t10-/m0/s1. The third-order valence-corrected chi connectivity index (χ3v) is 3.01. The third-order valence-electron chi connectivity index (χ3n) is 2.68. The van der Waals surface area contributed by atoms with E-state index in [0.29, 0.717) is 6.04 Å². The molecule has 1 fully saturated rings. The predicted octanol–water partition coefficient (Wildman–Crippen LogP) is 3.07. The lowest BCUT2D eigenvalue weighted by Gasteiger charge is -2.15. The quantitative estimate of drug-likeness (QED) is 0.727. The maximum absolute atomic E-state index is 6.17. The second-order valence-corrected chi connectivity index (χ2v) is 4.03. The first-order valence-corrected chi connectivity index (χ1v) is 5.15. The highest BCUT2D eigenvalue weighted by atomic mass is 35.5. The molecule has 1 heterocycles. The summed E-state index contributed by atoms with van der Waals surface area (Å²) in [5.41, 5.74) is 2.59. The molecule has 1 nitrogen and oxygen atoms in total. The number of rotatable bonds is 1. The van der Waals surface area contributed by atoms with E-state index >= 15 is 0 Å². The zero-order chi connectivity index (χ0) is 9.26. The number of halogens is 1. The molecular weight excluding hydrogens is 182 g/mol. The van der Waals surface area contributed by atoms with Crippen molar-refractivity contribution in [3.05, 3.63) is 34.3 Å². The summed E-state index contributed by atoms with van der Waals surface area (Å²) in [5, 5.41) is 4.37. The van der Waals surface area contributed by atoms with Crippen LogP contribution in [-0.4, -0.2) is 6.54 Å². The van der Waals surface area contributed by atoms with Gasteiger partial charge in [-0.3, -0.25) is 0 Å². The molecule has 0 aromatic heterocycles. The third kappa shape index (κ3) is 1.72. The Balaban J connectivity index is 2.37. The van der Waals surface area contributed by atoms with Crippen LogP contribution in [-0.2, 0) is 0 Å². The van der Waals surface area contributed by atoms with Crippen molar-refractivity contribution in [2.45, 2.75) is 25.8 Å². The van der Waals surface area contributed by atoms with Gasteiger partial charge < -0.3 is 5.32 Å². The van der Waals surface area contributed by atoms with Gasteiger partial charge in [0.25, 0.3) is 0 Å². The largest absolute Gasteiger partial charge is 0.310 e. The fourth-order valence-electron chi connectivity index (χ4n) is 2.02. The van der Waals surface area contributed by atoms with E-state index in [4.69, 9.17) is 11.6 Å². The Morgan fingerprint density at radius 2 is 2.31 bits per heavy atom. The number of hydrogen-bond acceptors (Lipinski definition) is 1. The van der Waals surface area contributed by atoms with Crippen molar-refractivity contribution >= 4 is 11.6 Å². The Hall–Kier alpha value is -0.530. The van der Waals surface area contributed by atoms with Gasteiger partial charge in [-0.15, -0.1) is 0 Å². The lowest BCUT2D eigenvalue weighted by Crippen LogP contribution is -2.14. The molecular formula is C11H14ClN. The Bertz CT molecular complexity index is 283. The molecule has 1 aliphatic rings. The molecule has 1 atom stereocenters. The highest BCUT2D eigenvalue weighted by Gasteiger charge is 2.19. The van der Waals surface area contributed by atoms with Gasteiger partial charge in [-0.05, 0) is 43.5 Å². The average Bonchev–Trinajstić information content (AvgIpc) is 2.57. The van der Waals surface area contributed by atoms with E-state index in [0.717, 1.165) is 11.6 Å². The lowest BCUT2D eigenvalue weighted by atomic mass is 10.0. The van der Waals surface area contributed by atoms with Crippen LogP contribution in [0.2, 0.25) is 5.02 Å². The van der Waals surface area contributed by atoms with E-state index in [1.54, 1.807) is 0 Å². The summed E-state index contributed by atoms with van der Waals surface area (Å²) in [6, 6.07) is 6.59. The van der Waals surface area contributed by atoms with Crippen LogP contribution in [0.1, 0.15) is 30.0 Å². The fourth-order valence-corrected chi connectivity index (χ4v) is 2.37. The van der Waals surface area contributed by atoms with E-state index in [9.17, 15) is 0 Å². The second kappa shape index (κ2) is 3.69. The lowest BCUT2D eigenvalue weighted by molar-refractivity contribution is 0.644. The van der Waals surface area contributed by atoms with Crippen LogP contribution in [0.15, 0.2) is 18.2 Å². The van der Waals surface area contributed by atoms with Gasteiger partial charge >= 0.3 is 0 Å². The van der Waals surface area contributed by atoms with Crippen LogP contribution in [0.3, 0.4) is 0 Å². The molecule has 0 amide bonds. The molecule has 0 bridgehead atoms.